The second kappa shape index (κ2) is 6.10. The van der Waals surface area contributed by atoms with Crippen molar-refractivity contribution in [3.8, 4) is 0 Å². The zero-order valence-electron chi connectivity index (χ0n) is 10.3. The van der Waals surface area contributed by atoms with Crippen LogP contribution in [0.25, 0.3) is 0 Å². The molecule has 8 heteroatoms. The van der Waals surface area contributed by atoms with Crippen LogP contribution in [0.1, 0.15) is 34.6 Å². The summed E-state index contributed by atoms with van der Waals surface area (Å²) in [6.45, 7) is 2.51. The van der Waals surface area contributed by atoms with E-state index in [1.807, 2.05) is 0 Å². The molecule has 0 saturated heterocycles. The summed E-state index contributed by atoms with van der Waals surface area (Å²) >= 11 is 5.63. The number of rotatable bonds is 4. The third-order valence-corrected chi connectivity index (χ3v) is 3.53. The van der Waals surface area contributed by atoms with Crippen LogP contribution in [0, 0.1) is 0 Å². The van der Waals surface area contributed by atoms with Gasteiger partial charge in [-0.3, -0.25) is 0 Å². The second-order valence-electron chi connectivity index (χ2n) is 3.70. The Kier molecular flexibility index (Phi) is 5.00. The van der Waals surface area contributed by atoms with Gasteiger partial charge in [-0.1, -0.05) is 0 Å². The molecule has 19 heavy (non-hydrogen) atoms. The quantitative estimate of drug-likeness (QED) is 0.677. The van der Waals surface area contributed by atoms with Gasteiger partial charge in [0, 0.05) is 0 Å². The van der Waals surface area contributed by atoms with E-state index in [0.29, 0.717) is 5.56 Å². The van der Waals surface area contributed by atoms with Crippen molar-refractivity contribution in [1.29, 1.82) is 0 Å². The van der Waals surface area contributed by atoms with Crippen LogP contribution >= 0.6 is 18.5 Å². The summed E-state index contributed by atoms with van der Waals surface area (Å²) in [6.07, 6.45) is 0. The molecule has 1 aromatic carbocycles. The van der Waals surface area contributed by atoms with Gasteiger partial charge in [-0.05, 0) is 0 Å². The van der Waals surface area contributed by atoms with Crippen molar-refractivity contribution in [2.45, 2.75) is 13.8 Å². The Bertz CT molecular complexity index is 514. The molecule has 0 aliphatic heterocycles. The topological polar surface area (TPSA) is 95.7 Å². The van der Waals surface area contributed by atoms with Gasteiger partial charge in [0.05, 0.1) is 0 Å². The number of hydrogen-bond acceptors (Lipinski definition) is 6. The second-order valence-corrected chi connectivity index (χ2v) is 6.85. The Morgan fingerprint density at radius 1 is 1.05 bits per heavy atom. The van der Waals surface area contributed by atoms with Crippen molar-refractivity contribution >= 4 is 36.2 Å². The normalized spacial score (nSPS) is 11.6. The van der Waals surface area contributed by atoms with Gasteiger partial charge in [-0.2, -0.15) is 0 Å². The molecule has 0 aromatic heterocycles. The average molecular weight is 306 g/mol. The molecule has 0 radical (unpaired) electrons. The van der Waals surface area contributed by atoms with Crippen LogP contribution in [-0.2, 0) is 13.8 Å². The van der Waals surface area contributed by atoms with Gasteiger partial charge in [-0.15, -0.1) is 0 Å². The van der Waals surface area contributed by atoms with Crippen molar-refractivity contribution < 1.29 is 23.4 Å². The standard InChI is InChI=1S/C11H13ClNO5P/c1-7(14)9-3-5-10(6-4-9)11(16)18-19(12,13)17-8(2)15/h3-6,19H,13H2,1-2H3. The molecule has 0 unspecified atom stereocenters. The van der Waals surface area contributed by atoms with Crippen molar-refractivity contribution in [3.05, 3.63) is 35.4 Å². The zero-order valence-corrected chi connectivity index (χ0v) is 12.1. The fourth-order valence-electron chi connectivity index (χ4n) is 1.24. The van der Waals surface area contributed by atoms with Crippen LogP contribution in [0.5, 0.6) is 0 Å². The molecular formula is C11H13ClNO5P. The molecule has 104 valence electrons. The fraction of sp³-hybridized carbons (Fsp3) is 0.182. The van der Waals surface area contributed by atoms with Crippen LogP contribution in [-0.4, -0.2) is 17.7 Å². The zero-order chi connectivity index (χ0) is 14.6. The Balaban J connectivity index is 2.78. The van der Waals surface area contributed by atoms with Crippen LogP contribution < -0.4 is 5.50 Å². The predicted octanol–water partition coefficient (Wildman–Crippen LogP) is 2.22. The molecule has 0 atom stereocenters. The summed E-state index contributed by atoms with van der Waals surface area (Å²) in [5.74, 6) is -1.68. The molecular weight excluding hydrogens is 293 g/mol. The van der Waals surface area contributed by atoms with Crippen molar-refractivity contribution in [2.75, 3.05) is 0 Å². The Hall–Kier alpha value is -1.49. The summed E-state index contributed by atoms with van der Waals surface area (Å²) in [5.41, 5.74) is 6.01. The molecule has 6 nitrogen and oxygen atoms in total. The number of halogens is 1. The molecule has 0 aliphatic carbocycles. The summed E-state index contributed by atoms with van der Waals surface area (Å²) in [6, 6.07) is 5.74. The van der Waals surface area contributed by atoms with E-state index >= 15 is 0 Å². The Morgan fingerprint density at radius 3 is 1.95 bits per heavy atom. The summed E-state index contributed by atoms with van der Waals surface area (Å²) < 4.78 is 9.29. The fourth-order valence-corrected chi connectivity index (χ4v) is 2.58. The average Bonchev–Trinajstić information content (AvgIpc) is 2.26. The maximum absolute atomic E-state index is 11.7. The van der Waals surface area contributed by atoms with Crippen LogP contribution in [0.2, 0.25) is 0 Å². The number of ketones is 1. The SMILES string of the molecule is CC(=O)O[PH](N)(Cl)OC(=O)c1ccc(C(C)=O)cc1. The van der Waals surface area contributed by atoms with Crippen molar-refractivity contribution in [1.82, 2.24) is 0 Å². The summed E-state index contributed by atoms with van der Waals surface area (Å²) in [4.78, 5) is 33.5. The predicted molar refractivity (Wildman–Crippen MR) is 72.0 cm³/mol. The Labute approximate surface area is 115 Å². The number of carbonyl (C=O) groups is 3. The van der Waals surface area contributed by atoms with Gasteiger partial charge in [0.25, 0.3) is 0 Å². The van der Waals surface area contributed by atoms with Gasteiger partial charge in [-0.25, -0.2) is 0 Å². The van der Waals surface area contributed by atoms with E-state index in [1.165, 1.54) is 31.2 Å². The van der Waals surface area contributed by atoms with E-state index in [2.05, 4.69) is 4.52 Å². The first-order valence-electron chi connectivity index (χ1n) is 5.23. The minimum absolute atomic E-state index is 0.125. The third kappa shape index (κ3) is 4.95. The number of hydrogen-bond donors (Lipinski definition) is 1. The molecule has 0 aliphatic rings. The van der Waals surface area contributed by atoms with E-state index in [4.69, 9.17) is 21.3 Å². The van der Waals surface area contributed by atoms with E-state index in [0.717, 1.165) is 6.92 Å². The molecule has 1 aromatic rings. The van der Waals surface area contributed by atoms with E-state index in [9.17, 15) is 14.4 Å². The first-order valence-corrected chi connectivity index (χ1v) is 8.13. The van der Waals surface area contributed by atoms with Crippen LogP contribution in [0.4, 0.5) is 0 Å². The number of benzene rings is 1. The minimum atomic E-state index is -3.84. The van der Waals surface area contributed by atoms with E-state index < -0.39 is 19.2 Å². The van der Waals surface area contributed by atoms with E-state index in [-0.39, 0.29) is 11.3 Å². The van der Waals surface area contributed by atoms with Gasteiger partial charge in [0.2, 0.25) is 0 Å². The molecule has 0 heterocycles. The molecule has 0 fully saturated rings. The third-order valence-electron chi connectivity index (χ3n) is 2.04. The molecule has 0 bridgehead atoms. The molecule has 2 N–H and O–H groups in total. The van der Waals surface area contributed by atoms with Gasteiger partial charge in [0.1, 0.15) is 0 Å². The first-order chi connectivity index (χ1) is 8.71. The number of carbonyl (C=O) groups excluding carboxylic acids is 3. The maximum atomic E-state index is 11.7. The van der Waals surface area contributed by atoms with Gasteiger partial charge >= 0.3 is 114 Å². The van der Waals surface area contributed by atoms with Crippen LogP contribution in [0.15, 0.2) is 24.3 Å². The van der Waals surface area contributed by atoms with Gasteiger partial charge in [0.15, 0.2) is 0 Å². The summed E-state index contributed by atoms with van der Waals surface area (Å²) in [7, 11) is -3.84. The van der Waals surface area contributed by atoms with E-state index in [1.54, 1.807) is 0 Å². The monoisotopic (exact) mass is 305 g/mol. The number of Topliss-reactive ketones (excluding diaryl/α,β-unsaturated/α-hetero) is 1. The molecule has 0 spiro atoms. The van der Waals surface area contributed by atoms with Gasteiger partial charge < -0.3 is 0 Å². The van der Waals surface area contributed by atoms with Crippen molar-refractivity contribution in [3.63, 3.8) is 0 Å². The van der Waals surface area contributed by atoms with Crippen molar-refractivity contribution in [2.24, 2.45) is 5.50 Å². The summed E-state index contributed by atoms with van der Waals surface area (Å²) in [5, 5.41) is 0. The van der Waals surface area contributed by atoms with Crippen LogP contribution in [0.3, 0.4) is 0 Å². The molecule has 0 saturated carbocycles. The molecule has 0 amide bonds. The number of nitrogens with two attached hydrogens (primary N) is 1. The Morgan fingerprint density at radius 2 is 1.53 bits per heavy atom. The first kappa shape index (κ1) is 15.6. The molecule has 1 rings (SSSR count).